The second kappa shape index (κ2) is 6.18. The van der Waals surface area contributed by atoms with Crippen LogP contribution in [-0.4, -0.2) is 37.8 Å². The van der Waals surface area contributed by atoms with Crippen LogP contribution in [0.15, 0.2) is 18.2 Å². The summed E-state index contributed by atoms with van der Waals surface area (Å²) in [4.78, 5) is 0. The molecule has 1 atom stereocenters. The Kier molecular flexibility index (Phi) is 4.58. The van der Waals surface area contributed by atoms with Gasteiger partial charge >= 0.3 is 0 Å². The molecule has 4 heteroatoms. The summed E-state index contributed by atoms with van der Waals surface area (Å²) in [5.41, 5.74) is 2.18. The lowest BCUT2D eigenvalue weighted by molar-refractivity contribution is -0.0698. The number of rotatable bonds is 5. The van der Waals surface area contributed by atoms with Crippen LogP contribution in [0.1, 0.15) is 17.5 Å². The van der Waals surface area contributed by atoms with Crippen molar-refractivity contribution in [1.29, 1.82) is 0 Å². The molecule has 1 N–H and O–H groups in total. The van der Waals surface area contributed by atoms with E-state index in [0.717, 1.165) is 16.9 Å². The van der Waals surface area contributed by atoms with E-state index in [2.05, 4.69) is 0 Å². The maximum Gasteiger partial charge on any atom is 0.160 e. The molecule has 1 aromatic carbocycles. The smallest absolute Gasteiger partial charge is 0.160 e. The minimum Gasteiger partial charge on any atom is -0.496 e. The summed E-state index contributed by atoms with van der Waals surface area (Å²) in [5.74, 6) is 0.813. The molecule has 4 nitrogen and oxygen atoms in total. The summed E-state index contributed by atoms with van der Waals surface area (Å²) >= 11 is 0. The van der Waals surface area contributed by atoms with E-state index in [0.29, 0.717) is 26.1 Å². The summed E-state index contributed by atoms with van der Waals surface area (Å²) in [6.07, 6.45) is 0.296. The molecular formula is C14H20O4. The molecule has 1 aliphatic rings. The van der Waals surface area contributed by atoms with Crippen LogP contribution >= 0.6 is 0 Å². The Morgan fingerprint density at radius 3 is 2.78 bits per heavy atom. The van der Waals surface area contributed by atoms with E-state index in [1.54, 1.807) is 7.11 Å². The molecule has 0 saturated carbocycles. The third-order valence-electron chi connectivity index (χ3n) is 3.05. The molecular weight excluding hydrogens is 232 g/mol. The number of hydrogen-bond acceptors (Lipinski definition) is 4. The molecule has 2 rings (SSSR count). The number of aliphatic hydroxyl groups is 1. The van der Waals surface area contributed by atoms with Gasteiger partial charge < -0.3 is 19.3 Å². The molecule has 0 aliphatic carbocycles. The molecule has 1 aromatic rings. The van der Waals surface area contributed by atoms with E-state index in [9.17, 15) is 5.11 Å². The Balaban J connectivity index is 1.96. The number of hydrogen-bond donors (Lipinski definition) is 1. The van der Waals surface area contributed by atoms with Crippen LogP contribution in [0.25, 0.3) is 0 Å². The molecule has 0 bridgehead atoms. The van der Waals surface area contributed by atoms with Crippen LogP contribution in [0.3, 0.4) is 0 Å². The van der Waals surface area contributed by atoms with Crippen molar-refractivity contribution in [3.8, 4) is 5.75 Å². The highest BCUT2D eigenvalue weighted by atomic mass is 16.7. The summed E-state index contributed by atoms with van der Waals surface area (Å²) in [5, 5.41) is 10.1. The minimum atomic E-state index is -0.483. The zero-order valence-electron chi connectivity index (χ0n) is 10.9. The van der Waals surface area contributed by atoms with Crippen LogP contribution in [0.5, 0.6) is 5.75 Å². The molecule has 100 valence electrons. The van der Waals surface area contributed by atoms with Crippen molar-refractivity contribution in [3.63, 3.8) is 0 Å². The van der Waals surface area contributed by atoms with Crippen molar-refractivity contribution in [2.24, 2.45) is 0 Å². The predicted octanol–water partition coefficient (Wildman–Crippen LogP) is 1.67. The highest BCUT2D eigenvalue weighted by molar-refractivity contribution is 5.37. The summed E-state index contributed by atoms with van der Waals surface area (Å²) in [6, 6.07) is 5.97. The zero-order valence-corrected chi connectivity index (χ0v) is 10.9. The first-order chi connectivity index (χ1) is 8.69. The van der Waals surface area contributed by atoms with E-state index < -0.39 is 6.10 Å². The highest BCUT2D eigenvalue weighted by Gasteiger charge is 2.21. The normalized spacial score (nSPS) is 17.9. The topological polar surface area (TPSA) is 47.9 Å². The van der Waals surface area contributed by atoms with Gasteiger partial charge in [0.1, 0.15) is 5.75 Å². The van der Waals surface area contributed by atoms with Gasteiger partial charge in [0, 0.05) is 12.8 Å². The predicted molar refractivity (Wildman–Crippen MR) is 67.8 cm³/mol. The summed E-state index contributed by atoms with van der Waals surface area (Å²) in [7, 11) is 1.64. The van der Waals surface area contributed by atoms with Gasteiger partial charge in [0.15, 0.2) is 6.29 Å². The van der Waals surface area contributed by atoms with Gasteiger partial charge in [-0.3, -0.25) is 0 Å². The Morgan fingerprint density at radius 2 is 2.11 bits per heavy atom. The average molecular weight is 252 g/mol. The van der Waals surface area contributed by atoms with Crippen LogP contribution in [0.2, 0.25) is 0 Å². The van der Waals surface area contributed by atoms with Crippen molar-refractivity contribution in [3.05, 3.63) is 29.3 Å². The van der Waals surface area contributed by atoms with E-state index in [4.69, 9.17) is 14.2 Å². The van der Waals surface area contributed by atoms with Gasteiger partial charge in [-0.25, -0.2) is 0 Å². The van der Waals surface area contributed by atoms with Gasteiger partial charge in [-0.2, -0.15) is 0 Å². The van der Waals surface area contributed by atoms with E-state index in [1.165, 1.54) is 0 Å². The number of ether oxygens (including phenoxy) is 3. The van der Waals surface area contributed by atoms with E-state index >= 15 is 0 Å². The Morgan fingerprint density at radius 1 is 1.39 bits per heavy atom. The Hall–Kier alpha value is -1.10. The maximum atomic E-state index is 10.1. The van der Waals surface area contributed by atoms with Gasteiger partial charge in [0.05, 0.1) is 26.4 Å². The molecule has 0 amide bonds. The molecule has 1 saturated heterocycles. The van der Waals surface area contributed by atoms with Gasteiger partial charge in [0.2, 0.25) is 0 Å². The first kappa shape index (κ1) is 13.3. The molecule has 0 radical (unpaired) electrons. The SMILES string of the molecule is COc1ccc(C)cc1CC(O)CC1OCCO1. The first-order valence-electron chi connectivity index (χ1n) is 6.24. The van der Waals surface area contributed by atoms with Crippen LogP contribution in [0.4, 0.5) is 0 Å². The van der Waals surface area contributed by atoms with Crippen LogP contribution in [-0.2, 0) is 15.9 Å². The Labute approximate surface area is 107 Å². The lowest BCUT2D eigenvalue weighted by Gasteiger charge is -2.16. The van der Waals surface area contributed by atoms with Crippen molar-refractivity contribution in [1.82, 2.24) is 0 Å². The lowest BCUT2D eigenvalue weighted by atomic mass is 10.0. The van der Waals surface area contributed by atoms with Crippen LogP contribution < -0.4 is 4.74 Å². The number of methoxy groups -OCH3 is 1. The third kappa shape index (κ3) is 3.45. The molecule has 1 unspecified atom stereocenters. The fourth-order valence-corrected chi connectivity index (χ4v) is 2.17. The van der Waals surface area contributed by atoms with Gasteiger partial charge in [-0.15, -0.1) is 0 Å². The second-order valence-corrected chi connectivity index (χ2v) is 4.58. The van der Waals surface area contributed by atoms with Crippen molar-refractivity contribution >= 4 is 0 Å². The van der Waals surface area contributed by atoms with E-state index in [1.807, 2.05) is 25.1 Å². The fourth-order valence-electron chi connectivity index (χ4n) is 2.17. The lowest BCUT2D eigenvalue weighted by Crippen LogP contribution is -2.20. The number of benzene rings is 1. The molecule has 1 aliphatic heterocycles. The largest absolute Gasteiger partial charge is 0.496 e. The zero-order chi connectivity index (χ0) is 13.0. The van der Waals surface area contributed by atoms with Gasteiger partial charge in [-0.05, 0) is 18.6 Å². The number of aryl methyl sites for hydroxylation is 1. The average Bonchev–Trinajstić information content (AvgIpc) is 2.82. The minimum absolute atomic E-state index is 0.268. The monoisotopic (exact) mass is 252 g/mol. The standard InChI is InChI=1S/C14H20O4/c1-10-3-4-13(16-2)11(7-10)8-12(15)9-14-17-5-6-18-14/h3-4,7,12,14-15H,5-6,8-9H2,1-2H3. The third-order valence-corrected chi connectivity index (χ3v) is 3.05. The van der Waals surface area contributed by atoms with Crippen LogP contribution in [0, 0.1) is 6.92 Å². The quantitative estimate of drug-likeness (QED) is 0.866. The fraction of sp³-hybridized carbons (Fsp3) is 0.571. The molecule has 0 spiro atoms. The van der Waals surface area contributed by atoms with Crippen molar-refractivity contribution < 1.29 is 19.3 Å². The van der Waals surface area contributed by atoms with E-state index in [-0.39, 0.29) is 6.29 Å². The molecule has 18 heavy (non-hydrogen) atoms. The Bertz CT molecular complexity index is 385. The summed E-state index contributed by atoms with van der Waals surface area (Å²) in [6.45, 7) is 3.26. The second-order valence-electron chi connectivity index (χ2n) is 4.58. The van der Waals surface area contributed by atoms with Gasteiger partial charge in [-0.1, -0.05) is 17.7 Å². The molecule has 1 fully saturated rings. The maximum absolute atomic E-state index is 10.1. The summed E-state index contributed by atoms with van der Waals surface area (Å²) < 4.78 is 16.0. The molecule has 1 heterocycles. The van der Waals surface area contributed by atoms with Gasteiger partial charge in [0.25, 0.3) is 0 Å². The molecule has 0 aromatic heterocycles. The van der Waals surface area contributed by atoms with Crippen molar-refractivity contribution in [2.45, 2.75) is 32.2 Å². The number of aliphatic hydroxyl groups excluding tert-OH is 1. The van der Waals surface area contributed by atoms with Crippen molar-refractivity contribution in [2.75, 3.05) is 20.3 Å². The highest BCUT2D eigenvalue weighted by Crippen LogP contribution is 2.23. The first-order valence-corrected chi connectivity index (χ1v) is 6.24.